The van der Waals surface area contributed by atoms with Crippen molar-refractivity contribution in [2.45, 2.75) is 191 Å². The first-order valence-corrected chi connectivity index (χ1v) is 37.7. The molecule has 0 aromatic heterocycles. The number of hydrogen-bond acceptors (Lipinski definition) is 7. The number of rotatable bonds is 40. The number of carbonyl (C=O) groups excluding carboxylic acids is 2. The van der Waals surface area contributed by atoms with E-state index in [2.05, 4.69) is 199 Å². The third kappa shape index (κ3) is 21.2. The number of unbranched alkanes of at least 4 members (excludes halogenated alkanes) is 13. The van der Waals surface area contributed by atoms with Crippen LogP contribution in [-0.2, 0) is 34.5 Å². The molecular weight excluding hydrogens is 1150 g/mol. The molecule has 1 unspecified atom stereocenters. The summed E-state index contributed by atoms with van der Waals surface area (Å²) in [4.78, 5) is 27.8. The second kappa shape index (κ2) is 37.0. The summed E-state index contributed by atoms with van der Waals surface area (Å²) < 4.78 is 32.4. The highest BCUT2D eigenvalue weighted by Crippen LogP contribution is 2.39. The van der Waals surface area contributed by atoms with Gasteiger partial charge in [0.25, 0.3) is 16.6 Å². The Morgan fingerprint density at radius 3 is 1.33 bits per heavy atom. The summed E-state index contributed by atoms with van der Waals surface area (Å²) >= 11 is 7.09. The zero-order valence-corrected chi connectivity index (χ0v) is 57.5. The van der Waals surface area contributed by atoms with Crippen molar-refractivity contribution in [1.29, 1.82) is 0 Å². The van der Waals surface area contributed by atoms with E-state index in [1.165, 1.54) is 59.3 Å². The van der Waals surface area contributed by atoms with Gasteiger partial charge in [-0.3, -0.25) is 4.79 Å². The van der Waals surface area contributed by atoms with Crippen LogP contribution >= 0.6 is 11.6 Å². The lowest BCUT2D eigenvalue weighted by atomic mass is 9.86. The molecule has 0 aliphatic rings. The number of nitrogens with one attached hydrogen (secondary N) is 1. The highest BCUT2D eigenvalue weighted by Gasteiger charge is 2.51. The van der Waals surface area contributed by atoms with E-state index in [4.69, 9.17) is 34.7 Å². The summed E-state index contributed by atoms with van der Waals surface area (Å²) in [6, 6.07) is 66.7. The molecule has 4 atom stereocenters. The van der Waals surface area contributed by atoms with E-state index in [-0.39, 0.29) is 40.4 Å². The van der Waals surface area contributed by atoms with Gasteiger partial charge in [0.05, 0.1) is 31.2 Å². The van der Waals surface area contributed by atoms with Crippen molar-refractivity contribution in [3.05, 3.63) is 205 Å². The van der Waals surface area contributed by atoms with Gasteiger partial charge in [0.2, 0.25) is 0 Å². The van der Waals surface area contributed by atoms with Crippen LogP contribution in [0.3, 0.4) is 0 Å². The van der Waals surface area contributed by atoms with Gasteiger partial charge in [-0.2, -0.15) is 0 Å². The van der Waals surface area contributed by atoms with E-state index in [1.807, 2.05) is 42.5 Å². The maximum absolute atomic E-state index is 14.5. The lowest BCUT2D eigenvalue weighted by molar-refractivity contribution is -0.133. The fraction of sp³-hybridized carbons (Fsp3) is 0.462. The van der Waals surface area contributed by atoms with Gasteiger partial charge in [-0.1, -0.05) is 319 Å². The number of fused-ring (bicyclic) bond motifs is 1. The number of methoxy groups -OCH3 is 1. The second-order valence-corrected chi connectivity index (χ2v) is 35.7. The largest absolute Gasteiger partial charge is 0.445 e. The average molecular weight is 1260 g/mol. The number of ketones is 1. The Hall–Kier alpha value is -5.70. The smallest absolute Gasteiger partial charge is 0.407 e. The molecule has 7 aromatic carbocycles. The Balaban J connectivity index is 0.821. The number of carbonyl (C=O) groups is 2. The van der Waals surface area contributed by atoms with E-state index in [0.29, 0.717) is 19.8 Å². The van der Waals surface area contributed by atoms with Crippen LogP contribution in [0.2, 0.25) is 10.1 Å². The van der Waals surface area contributed by atoms with Gasteiger partial charge < -0.3 is 28.4 Å². The van der Waals surface area contributed by atoms with Gasteiger partial charge in [-0.05, 0) is 84.5 Å². The Kier molecular flexibility index (Phi) is 29.4. The van der Waals surface area contributed by atoms with Crippen LogP contribution in [0.1, 0.15) is 174 Å². The Morgan fingerprint density at radius 1 is 0.461 bits per heavy atom. The number of Topliss-reactive ketones (excluding diaryl/α,β-unsaturated/α-hetero) is 1. The molecule has 0 radical (unpaired) electrons. The molecule has 0 fully saturated rings. The summed E-state index contributed by atoms with van der Waals surface area (Å²) in [6.07, 6.45) is 18.5. The third-order valence-electron chi connectivity index (χ3n) is 17.8. The third-order valence-corrected chi connectivity index (χ3v) is 28.2. The maximum atomic E-state index is 14.5. The van der Waals surface area contributed by atoms with Crippen LogP contribution in [0.25, 0.3) is 10.8 Å². The molecule has 0 heterocycles. The van der Waals surface area contributed by atoms with Crippen molar-refractivity contribution in [2.24, 2.45) is 5.92 Å². The first-order valence-electron chi connectivity index (χ1n) is 33.4. The molecule has 7 aromatic rings. The first kappa shape index (κ1) is 70.8. The molecule has 0 bridgehead atoms. The molecule has 11 heteroatoms. The van der Waals surface area contributed by atoms with E-state index in [1.54, 1.807) is 7.11 Å². The standard InChI is InChI=1S/C78H104ClNO7Si2/c1-77(2,3)88(70-47-29-20-30-48-70,71-49-31-21-32-50-71)86-60-68(79)46-28-17-14-16-27-44-65(74(81)75(83-7)67-56-55-64-42-37-38-45-66(64)58-67)43-26-15-12-10-8-9-11-13-18-39-57-84-61-69(80-76(82)85-59-63-40-24-19-25-41-63)62-87-89(78(4,5)6,72-51-33-22-34-52-72)73-53-35-23-36-54-73/h19-25,29-38,40-42,45,47-56,58,65,68-69,75H,8-18,26-28,39,43-44,46,57,59-62H2,1-7H3,(H,80,82)/t65?,68-,69-,75-/m1/s1. The van der Waals surface area contributed by atoms with Crippen LogP contribution in [0, 0.1) is 5.92 Å². The molecule has 7 rings (SSSR count). The number of ether oxygens (including phenoxy) is 3. The average Bonchev–Trinajstić information content (AvgIpc) is 0.906. The van der Waals surface area contributed by atoms with Gasteiger partial charge >= 0.3 is 6.09 Å². The van der Waals surface area contributed by atoms with Crippen LogP contribution in [0.4, 0.5) is 4.79 Å². The van der Waals surface area contributed by atoms with Crippen LogP contribution in [0.15, 0.2) is 194 Å². The van der Waals surface area contributed by atoms with E-state index >= 15 is 0 Å². The maximum Gasteiger partial charge on any atom is 0.407 e. The van der Waals surface area contributed by atoms with Gasteiger partial charge in [0, 0.05) is 19.6 Å². The quantitative estimate of drug-likeness (QED) is 0.0232. The number of alkyl halides is 1. The van der Waals surface area contributed by atoms with Gasteiger partial charge in [0.1, 0.15) is 12.7 Å². The molecule has 1 N–H and O–H groups in total. The zero-order valence-electron chi connectivity index (χ0n) is 54.8. The molecule has 0 saturated heterocycles. The number of benzene rings is 7. The van der Waals surface area contributed by atoms with E-state index < -0.39 is 34.9 Å². The molecule has 0 aliphatic carbocycles. The molecular formula is C78H104ClNO7Si2. The predicted octanol–water partition coefficient (Wildman–Crippen LogP) is 17.8. The minimum absolute atomic E-state index is 0.0351. The summed E-state index contributed by atoms with van der Waals surface area (Å²) in [6.45, 7) is 15.7. The highest BCUT2D eigenvalue weighted by molar-refractivity contribution is 7.00. The van der Waals surface area contributed by atoms with E-state index in [0.717, 1.165) is 98.9 Å². The van der Waals surface area contributed by atoms with Crippen molar-refractivity contribution < 1.29 is 32.7 Å². The van der Waals surface area contributed by atoms with Gasteiger partial charge in [-0.15, -0.1) is 11.6 Å². The van der Waals surface area contributed by atoms with Crippen molar-refractivity contribution in [3.8, 4) is 0 Å². The minimum atomic E-state index is -2.85. The summed E-state index contributed by atoms with van der Waals surface area (Å²) in [7, 11) is -3.80. The van der Waals surface area contributed by atoms with Crippen LogP contribution < -0.4 is 26.1 Å². The van der Waals surface area contributed by atoms with Crippen molar-refractivity contribution in [1.82, 2.24) is 5.32 Å². The van der Waals surface area contributed by atoms with Crippen molar-refractivity contribution in [3.63, 3.8) is 0 Å². The van der Waals surface area contributed by atoms with Crippen LogP contribution in [0.5, 0.6) is 0 Å². The minimum Gasteiger partial charge on any atom is -0.445 e. The van der Waals surface area contributed by atoms with Gasteiger partial charge in [-0.25, -0.2) is 4.79 Å². The molecule has 8 nitrogen and oxygen atoms in total. The molecule has 0 saturated carbocycles. The van der Waals surface area contributed by atoms with Crippen molar-refractivity contribution >= 4 is 71.6 Å². The highest BCUT2D eigenvalue weighted by atomic mass is 35.5. The van der Waals surface area contributed by atoms with Gasteiger partial charge in [0.15, 0.2) is 5.78 Å². The number of alkyl carbamates (subject to hydrolysis) is 1. The summed E-state index contributed by atoms with van der Waals surface area (Å²) in [5.41, 5.74) is 1.87. The Labute approximate surface area is 542 Å². The number of halogens is 1. The fourth-order valence-corrected chi connectivity index (χ4v) is 22.6. The predicted molar refractivity (Wildman–Crippen MR) is 376 cm³/mol. The molecule has 478 valence electrons. The molecule has 0 aliphatic heterocycles. The Morgan fingerprint density at radius 2 is 0.865 bits per heavy atom. The summed E-state index contributed by atoms with van der Waals surface area (Å²) in [5, 5.41) is 9.97. The number of hydrogen-bond donors (Lipinski definition) is 1. The normalized spacial score (nSPS) is 13.6. The Bertz CT molecular complexity index is 3010. The SMILES string of the molecule is CO[C@@H](C(=O)C(CCCCCCCCCCCCOC[C@H](CO[Si](c1ccccc1)(c1ccccc1)C(C)(C)C)NC(=O)OCc1ccccc1)CCCCCCC[C@@H](Cl)CO[Si](c1ccccc1)(c1ccccc1)C(C)(C)C)c1ccc2ccccc2c1. The molecule has 1 amide bonds. The second-order valence-electron chi connectivity index (χ2n) is 26.5. The topological polar surface area (TPSA) is 92.3 Å². The van der Waals surface area contributed by atoms with E-state index in [9.17, 15) is 9.59 Å². The summed E-state index contributed by atoms with van der Waals surface area (Å²) in [5.74, 6) is 0.183. The van der Waals surface area contributed by atoms with Crippen LogP contribution in [-0.4, -0.2) is 73.5 Å². The number of amides is 1. The monoisotopic (exact) mass is 1260 g/mol. The fourth-order valence-electron chi connectivity index (χ4n) is 13.1. The van der Waals surface area contributed by atoms with Crippen molar-refractivity contribution in [2.75, 3.05) is 33.5 Å². The lowest BCUT2D eigenvalue weighted by Crippen LogP contribution is -2.67. The zero-order chi connectivity index (χ0) is 63.2. The lowest BCUT2D eigenvalue weighted by Gasteiger charge is -2.43. The first-order chi connectivity index (χ1) is 43.2. The molecule has 0 spiro atoms. The molecule has 89 heavy (non-hydrogen) atoms.